The molecule has 0 unspecified atom stereocenters. The fourth-order valence-electron chi connectivity index (χ4n) is 4.55. The second-order valence-corrected chi connectivity index (χ2v) is 9.34. The first kappa shape index (κ1) is 25.0. The van der Waals surface area contributed by atoms with Crippen molar-refractivity contribution in [2.45, 2.75) is 59.3 Å². The summed E-state index contributed by atoms with van der Waals surface area (Å²) in [4.78, 5) is 18.0. The zero-order valence-corrected chi connectivity index (χ0v) is 20.8. The van der Waals surface area contributed by atoms with Crippen molar-refractivity contribution in [1.82, 2.24) is 9.80 Å². The van der Waals surface area contributed by atoms with Crippen molar-refractivity contribution >= 4 is 17.8 Å². The number of carbonyl (C=O) groups is 1. The van der Waals surface area contributed by atoms with E-state index in [0.717, 1.165) is 55.8 Å². The molecule has 2 aromatic rings. The van der Waals surface area contributed by atoms with Crippen molar-refractivity contribution in [3.63, 3.8) is 0 Å². The van der Waals surface area contributed by atoms with Crippen LogP contribution < -0.4 is 5.32 Å². The average molecular weight is 448 g/mol. The van der Waals surface area contributed by atoms with Crippen molar-refractivity contribution in [1.29, 1.82) is 0 Å². The Bertz CT molecular complexity index is 880. The van der Waals surface area contributed by atoms with Crippen LogP contribution >= 0.6 is 0 Å². The van der Waals surface area contributed by atoms with E-state index in [1.807, 2.05) is 11.0 Å². The van der Waals surface area contributed by atoms with E-state index in [4.69, 9.17) is 0 Å². The lowest BCUT2D eigenvalue weighted by molar-refractivity contribution is 0.205. The van der Waals surface area contributed by atoms with E-state index >= 15 is 0 Å². The molecule has 4 heteroatoms. The van der Waals surface area contributed by atoms with Crippen LogP contribution in [0.2, 0.25) is 0 Å². The fraction of sp³-hybridized carbons (Fsp3) is 0.483. The molecule has 2 aromatic carbocycles. The van der Waals surface area contributed by atoms with Crippen molar-refractivity contribution in [2.24, 2.45) is 0 Å². The molecule has 0 bridgehead atoms. The summed E-state index contributed by atoms with van der Waals surface area (Å²) in [6, 6.07) is 16.7. The Balaban J connectivity index is 1.79. The zero-order valence-electron chi connectivity index (χ0n) is 20.8. The van der Waals surface area contributed by atoms with E-state index in [9.17, 15) is 4.79 Å². The highest BCUT2D eigenvalue weighted by molar-refractivity contribution is 5.91. The third-order valence-electron chi connectivity index (χ3n) is 6.55. The first-order valence-corrected chi connectivity index (χ1v) is 12.7. The number of para-hydroxylation sites is 1. The van der Waals surface area contributed by atoms with Gasteiger partial charge in [0.15, 0.2) is 0 Å². The second-order valence-electron chi connectivity index (χ2n) is 9.34. The monoisotopic (exact) mass is 447 g/mol. The van der Waals surface area contributed by atoms with Gasteiger partial charge in [-0.3, -0.25) is 0 Å². The Morgan fingerprint density at radius 3 is 2.36 bits per heavy atom. The number of nitrogens with zero attached hydrogens (tertiary/aromatic N) is 2. The number of aryl methyl sites for hydroxylation is 2. The average Bonchev–Trinajstić information content (AvgIpc) is 3.33. The maximum Gasteiger partial charge on any atom is 0.322 e. The molecule has 1 N–H and O–H groups in total. The SMILES string of the molecule is CCCCCC(=Cc1ccccc1)CN(CCN1CCCC1)C(=O)Nc1c(C)cccc1C. The van der Waals surface area contributed by atoms with Gasteiger partial charge in [0.1, 0.15) is 0 Å². The predicted molar refractivity (Wildman–Crippen MR) is 141 cm³/mol. The Labute approximate surface area is 200 Å². The summed E-state index contributed by atoms with van der Waals surface area (Å²) in [6.45, 7) is 11.0. The van der Waals surface area contributed by atoms with Gasteiger partial charge in [0.05, 0.1) is 0 Å². The van der Waals surface area contributed by atoms with Crippen LogP contribution in [0.4, 0.5) is 10.5 Å². The van der Waals surface area contributed by atoms with Crippen molar-refractivity contribution in [3.8, 4) is 0 Å². The number of carbonyl (C=O) groups excluding carboxylic acids is 1. The first-order chi connectivity index (χ1) is 16.1. The predicted octanol–water partition coefficient (Wildman–Crippen LogP) is 6.90. The molecule has 0 aliphatic carbocycles. The molecule has 33 heavy (non-hydrogen) atoms. The van der Waals surface area contributed by atoms with Crippen LogP contribution in [0.1, 0.15) is 62.1 Å². The molecule has 1 heterocycles. The fourth-order valence-corrected chi connectivity index (χ4v) is 4.55. The van der Waals surface area contributed by atoms with Gasteiger partial charge in [-0.2, -0.15) is 0 Å². The normalized spacial score (nSPS) is 14.5. The van der Waals surface area contributed by atoms with Gasteiger partial charge in [-0.1, -0.05) is 79.9 Å². The highest BCUT2D eigenvalue weighted by atomic mass is 16.2. The Morgan fingerprint density at radius 2 is 1.70 bits per heavy atom. The van der Waals surface area contributed by atoms with Crippen LogP contribution in [0.25, 0.3) is 6.08 Å². The summed E-state index contributed by atoms with van der Waals surface area (Å²) in [5, 5.41) is 3.23. The number of rotatable bonds is 11. The number of benzene rings is 2. The van der Waals surface area contributed by atoms with Gasteiger partial charge in [-0.15, -0.1) is 0 Å². The maximum atomic E-state index is 13.5. The van der Waals surface area contributed by atoms with Gasteiger partial charge in [0.25, 0.3) is 0 Å². The molecular weight excluding hydrogens is 406 g/mol. The van der Waals surface area contributed by atoms with Crippen LogP contribution in [0.3, 0.4) is 0 Å². The second kappa shape index (κ2) is 13.2. The number of urea groups is 1. The van der Waals surface area contributed by atoms with Gasteiger partial charge >= 0.3 is 6.03 Å². The van der Waals surface area contributed by atoms with Crippen LogP contribution in [0.5, 0.6) is 0 Å². The number of amides is 2. The van der Waals surface area contributed by atoms with Gasteiger partial charge in [0.2, 0.25) is 0 Å². The Kier molecular flexibility index (Phi) is 10.0. The molecule has 3 rings (SSSR count). The lowest BCUT2D eigenvalue weighted by Crippen LogP contribution is -2.41. The molecule has 178 valence electrons. The summed E-state index contributed by atoms with van der Waals surface area (Å²) in [7, 11) is 0. The number of anilines is 1. The van der Waals surface area contributed by atoms with E-state index in [0.29, 0.717) is 6.54 Å². The molecule has 0 aromatic heterocycles. The van der Waals surface area contributed by atoms with E-state index < -0.39 is 0 Å². The molecule has 1 aliphatic heterocycles. The molecule has 0 spiro atoms. The van der Waals surface area contributed by atoms with Crippen molar-refractivity contribution in [2.75, 3.05) is 38.0 Å². The van der Waals surface area contributed by atoms with Gasteiger partial charge in [-0.25, -0.2) is 4.79 Å². The topological polar surface area (TPSA) is 35.6 Å². The number of hydrogen-bond donors (Lipinski definition) is 1. The van der Waals surface area contributed by atoms with Crippen molar-refractivity contribution in [3.05, 3.63) is 70.8 Å². The molecule has 1 aliphatic rings. The third kappa shape index (κ3) is 8.04. The minimum atomic E-state index is 0.000972. The summed E-state index contributed by atoms with van der Waals surface area (Å²) >= 11 is 0. The van der Waals surface area contributed by atoms with Crippen LogP contribution in [0.15, 0.2) is 54.1 Å². The highest BCUT2D eigenvalue weighted by Gasteiger charge is 2.19. The molecule has 0 saturated carbocycles. The van der Waals surface area contributed by atoms with Crippen LogP contribution in [-0.2, 0) is 0 Å². The standard InChI is InChI=1S/C29H41N3O/c1-4-5-7-17-27(22-26-15-8-6-9-16-26)23-32(21-20-31-18-10-11-19-31)29(33)30-28-24(2)13-12-14-25(28)3/h6,8-9,12-16,22H,4-5,7,10-11,17-21,23H2,1-3H3,(H,30,33). The zero-order chi connectivity index (χ0) is 23.5. The van der Waals surface area contributed by atoms with Crippen LogP contribution in [-0.4, -0.2) is 48.6 Å². The largest absolute Gasteiger partial charge is 0.322 e. The van der Waals surface area contributed by atoms with Gasteiger partial charge in [0, 0.05) is 25.3 Å². The maximum absolute atomic E-state index is 13.5. The lowest BCUT2D eigenvalue weighted by Gasteiger charge is -2.28. The minimum Gasteiger partial charge on any atom is -0.319 e. The molecule has 4 nitrogen and oxygen atoms in total. The minimum absolute atomic E-state index is 0.000972. The summed E-state index contributed by atoms with van der Waals surface area (Å²) in [5.41, 5.74) is 5.68. The summed E-state index contributed by atoms with van der Waals surface area (Å²) in [6.07, 6.45) is 9.42. The molecule has 2 amide bonds. The lowest BCUT2D eigenvalue weighted by atomic mass is 10.0. The summed E-state index contributed by atoms with van der Waals surface area (Å²) in [5.74, 6) is 0. The Hall–Kier alpha value is -2.59. The number of nitrogens with one attached hydrogen (secondary N) is 1. The summed E-state index contributed by atoms with van der Waals surface area (Å²) < 4.78 is 0. The molecular formula is C29H41N3O. The van der Waals surface area contributed by atoms with E-state index in [2.05, 4.69) is 79.5 Å². The smallest absolute Gasteiger partial charge is 0.319 e. The van der Waals surface area contributed by atoms with E-state index in [-0.39, 0.29) is 6.03 Å². The van der Waals surface area contributed by atoms with Crippen LogP contribution in [0, 0.1) is 13.8 Å². The number of likely N-dealkylation sites (tertiary alicyclic amines) is 1. The third-order valence-corrected chi connectivity index (χ3v) is 6.55. The quantitative estimate of drug-likeness (QED) is 0.380. The van der Waals surface area contributed by atoms with E-state index in [1.54, 1.807) is 0 Å². The molecule has 0 atom stereocenters. The highest BCUT2D eigenvalue weighted by Crippen LogP contribution is 2.21. The Morgan fingerprint density at radius 1 is 1.00 bits per heavy atom. The van der Waals surface area contributed by atoms with Gasteiger partial charge in [-0.05, 0) is 69.3 Å². The molecule has 0 radical (unpaired) electrons. The molecule has 1 fully saturated rings. The first-order valence-electron chi connectivity index (χ1n) is 12.7. The number of hydrogen-bond acceptors (Lipinski definition) is 2. The van der Waals surface area contributed by atoms with E-state index in [1.165, 1.54) is 36.8 Å². The van der Waals surface area contributed by atoms with Crippen molar-refractivity contribution < 1.29 is 4.79 Å². The molecule has 1 saturated heterocycles. The van der Waals surface area contributed by atoms with Gasteiger partial charge < -0.3 is 15.1 Å². The number of unbranched alkanes of at least 4 members (excludes halogenated alkanes) is 2.